The van der Waals surface area contributed by atoms with Crippen molar-refractivity contribution in [2.75, 3.05) is 0 Å². The Morgan fingerprint density at radius 2 is 1.83 bits per heavy atom. The fraction of sp³-hybridized carbons (Fsp3) is 0.441. The molecule has 0 aliphatic carbocycles. The number of nitrogens with zero attached hydrogens (tertiary/aromatic N) is 2. The smallest absolute Gasteiger partial charge is 0.352 e. The molecule has 0 saturated heterocycles. The third kappa shape index (κ3) is 6.88. The van der Waals surface area contributed by atoms with Crippen LogP contribution in [0.2, 0.25) is 0 Å². The highest BCUT2D eigenvalue weighted by atomic mass is 16.6. The zero-order valence-corrected chi connectivity index (χ0v) is 26.7. The summed E-state index contributed by atoms with van der Waals surface area (Å²) >= 11 is 0. The van der Waals surface area contributed by atoms with Gasteiger partial charge in [-0.05, 0) is 55.0 Å². The van der Waals surface area contributed by atoms with E-state index in [9.17, 15) is 33.9 Å². The molecule has 4 heterocycles. The van der Waals surface area contributed by atoms with E-state index in [0.29, 0.717) is 35.3 Å². The predicted molar refractivity (Wildman–Crippen MR) is 167 cm³/mol. The van der Waals surface area contributed by atoms with Crippen LogP contribution in [-0.2, 0) is 53.0 Å². The lowest BCUT2D eigenvalue weighted by Crippen LogP contribution is -2.41. The maximum atomic E-state index is 13.6. The summed E-state index contributed by atoms with van der Waals surface area (Å²) in [6.07, 6.45) is -0.311. The number of carboxylic acids is 1. The van der Waals surface area contributed by atoms with Gasteiger partial charge in [-0.2, -0.15) is 0 Å². The van der Waals surface area contributed by atoms with Gasteiger partial charge in [-0.3, -0.25) is 19.2 Å². The number of aliphatic carboxylic acids is 1. The first-order valence-corrected chi connectivity index (χ1v) is 15.7. The zero-order chi connectivity index (χ0) is 34.0. The van der Waals surface area contributed by atoms with Gasteiger partial charge in [0, 0.05) is 29.4 Å². The molecule has 3 aromatic rings. The number of carbonyl (C=O) groups excluding carboxylic acids is 4. The van der Waals surface area contributed by atoms with E-state index in [1.54, 1.807) is 28.8 Å². The van der Waals surface area contributed by atoms with Crippen LogP contribution in [0.25, 0.3) is 22.3 Å². The Morgan fingerprint density at radius 3 is 2.51 bits per heavy atom. The van der Waals surface area contributed by atoms with Crippen molar-refractivity contribution in [3.63, 3.8) is 0 Å². The standard InChI is InChI=1S/C34H37N3O10/c1-5-7-28(39)47-31-21-14-26-30-22(15-37(26)32(41)23(21)16-45-34(31)44)19(6-2)20-13-18(8-9-24(20)36-30)46-29(40)11-10-27(38)35-25(33(42)43)12-17(3)4/h8-9,13-14,17,25,31H,5-7,10-12,15-16H2,1-4H3,(H,35,38)(H,42,43)/t25-,31-/m0/s1. The quantitative estimate of drug-likeness (QED) is 0.169. The molecule has 2 atom stereocenters. The number of nitrogens with one attached hydrogen (secondary N) is 1. The van der Waals surface area contributed by atoms with Crippen LogP contribution < -0.4 is 15.6 Å². The minimum atomic E-state index is -1.34. The Balaban J connectivity index is 1.38. The fourth-order valence-electron chi connectivity index (χ4n) is 6.01. The molecule has 0 bridgehead atoms. The van der Waals surface area contributed by atoms with E-state index in [1.807, 2.05) is 27.7 Å². The van der Waals surface area contributed by atoms with E-state index in [-0.39, 0.29) is 61.6 Å². The third-order valence-electron chi connectivity index (χ3n) is 8.21. The summed E-state index contributed by atoms with van der Waals surface area (Å²) in [5, 5.41) is 12.5. The molecule has 0 spiro atoms. The number of hydrogen-bond acceptors (Lipinski definition) is 10. The second kappa shape index (κ2) is 13.7. The van der Waals surface area contributed by atoms with Gasteiger partial charge in [0.25, 0.3) is 5.56 Å². The molecule has 0 radical (unpaired) electrons. The minimum Gasteiger partial charge on any atom is -0.480 e. The minimum absolute atomic E-state index is 0.0629. The van der Waals surface area contributed by atoms with Crippen molar-refractivity contribution < 1.29 is 43.3 Å². The summed E-state index contributed by atoms with van der Waals surface area (Å²) in [5.74, 6) is -3.33. The Morgan fingerprint density at radius 1 is 1.06 bits per heavy atom. The van der Waals surface area contributed by atoms with E-state index in [4.69, 9.17) is 19.2 Å². The molecular formula is C34H37N3O10. The summed E-state index contributed by atoms with van der Waals surface area (Å²) < 4.78 is 17.7. The third-order valence-corrected chi connectivity index (χ3v) is 8.21. The molecule has 1 amide bonds. The Hall–Kier alpha value is -5.07. The molecule has 5 rings (SSSR count). The van der Waals surface area contributed by atoms with Crippen molar-refractivity contribution in [1.82, 2.24) is 14.9 Å². The first-order valence-electron chi connectivity index (χ1n) is 15.7. The molecule has 1 aromatic carbocycles. The van der Waals surface area contributed by atoms with Gasteiger partial charge in [0.15, 0.2) is 0 Å². The summed E-state index contributed by atoms with van der Waals surface area (Å²) in [5.41, 5.74) is 3.55. The molecule has 13 heteroatoms. The van der Waals surface area contributed by atoms with Gasteiger partial charge in [-0.1, -0.05) is 27.7 Å². The average Bonchev–Trinajstić information content (AvgIpc) is 3.38. The highest BCUT2D eigenvalue weighted by Gasteiger charge is 2.38. The van der Waals surface area contributed by atoms with Gasteiger partial charge < -0.3 is 29.2 Å². The Bertz CT molecular complexity index is 1840. The summed E-state index contributed by atoms with van der Waals surface area (Å²) in [7, 11) is 0. The largest absolute Gasteiger partial charge is 0.480 e. The second-order valence-corrected chi connectivity index (χ2v) is 12.1. The highest BCUT2D eigenvalue weighted by Crippen LogP contribution is 2.39. The summed E-state index contributed by atoms with van der Waals surface area (Å²) in [6, 6.07) is 5.61. The predicted octanol–water partition coefficient (Wildman–Crippen LogP) is 3.73. The SMILES string of the molecule is CCCC(=O)O[C@@H]1C(=O)OCc2c1cc1n(c2=O)Cc2c-1nc1ccc(OC(=O)CCC(=O)N[C@@H](CC(C)C)C(=O)O)cc1c2CC. The van der Waals surface area contributed by atoms with Crippen LogP contribution in [-0.4, -0.2) is 50.5 Å². The number of aryl methyl sites for hydroxylation is 1. The van der Waals surface area contributed by atoms with Crippen molar-refractivity contribution in [3.05, 3.63) is 56.9 Å². The number of carboxylic acid groups (broad SMARTS) is 1. The number of carbonyl (C=O) groups is 5. The Labute approximate surface area is 270 Å². The molecular weight excluding hydrogens is 610 g/mol. The lowest BCUT2D eigenvalue weighted by atomic mass is 9.97. The van der Waals surface area contributed by atoms with E-state index in [0.717, 1.165) is 16.5 Å². The number of ether oxygens (including phenoxy) is 3. The topological polar surface area (TPSA) is 180 Å². The molecule has 0 saturated carbocycles. The molecule has 2 aromatic heterocycles. The van der Waals surface area contributed by atoms with Crippen LogP contribution in [0.1, 0.15) is 88.2 Å². The number of aromatic nitrogens is 2. The van der Waals surface area contributed by atoms with Gasteiger partial charge >= 0.3 is 23.9 Å². The summed E-state index contributed by atoms with van der Waals surface area (Å²) in [6.45, 7) is 7.48. The average molecular weight is 648 g/mol. The molecule has 248 valence electrons. The number of esters is 3. The molecule has 13 nitrogen and oxygen atoms in total. The van der Waals surface area contributed by atoms with E-state index in [1.165, 1.54) is 0 Å². The number of fused-ring (bicyclic) bond motifs is 5. The summed E-state index contributed by atoms with van der Waals surface area (Å²) in [4.78, 5) is 79.7. The van der Waals surface area contributed by atoms with Crippen LogP contribution >= 0.6 is 0 Å². The molecule has 0 fully saturated rings. The molecule has 2 aliphatic rings. The fourth-order valence-corrected chi connectivity index (χ4v) is 6.01. The van der Waals surface area contributed by atoms with Crippen LogP contribution in [0.15, 0.2) is 29.1 Å². The molecule has 2 N–H and O–H groups in total. The first-order chi connectivity index (χ1) is 22.4. The second-order valence-electron chi connectivity index (χ2n) is 12.1. The maximum absolute atomic E-state index is 13.6. The van der Waals surface area contributed by atoms with Crippen LogP contribution in [0.4, 0.5) is 0 Å². The van der Waals surface area contributed by atoms with E-state index < -0.39 is 41.9 Å². The lowest BCUT2D eigenvalue weighted by Gasteiger charge is -2.25. The Kier molecular flexibility index (Phi) is 9.73. The van der Waals surface area contributed by atoms with Crippen LogP contribution in [0.3, 0.4) is 0 Å². The zero-order valence-electron chi connectivity index (χ0n) is 26.7. The maximum Gasteiger partial charge on any atom is 0.352 e. The number of rotatable bonds is 12. The number of benzene rings is 1. The molecule has 2 aliphatic heterocycles. The molecule has 47 heavy (non-hydrogen) atoms. The van der Waals surface area contributed by atoms with Crippen LogP contribution in [0.5, 0.6) is 5.75 Å². The highest BCUT2D eigenvalue weighted by molar-refractivity contribution is 5.91. The number of pyridine rings is 2. The van der Waals surface area contributed by atoms with Crippen molar-refractivity contribution in [2.45, 2.75) is 91.5 Å². The number of cyclic esters (lactones) is 1. The van der Waals surface area contributed by atoms with Gasteiger partial charge in [0.05, 0.1) is 35.4 Å². The van der Waals surface area contributed by atoms with Crippen molar-refractivity contribution in [1.29, 1.82) is 0 Å². The number of amides is 1. The van der Waals surface area contributed by atoms with Gasteiger partial charge in [0.2, 0.25) is 12.0 Å². The van der Waals surface area contributed by atoms with Crippen molar-refractivity contribution >= 4 is 40.7 Å². The number of hydrogen-bond donors (Lipinski definition) is 2. The van der Waals surface area contributed by atoms with Gasteiger partial charge in [0.1, 0.15) is 18.4 Å². The van der Waals surface area contributed by atoms with E-state index in [2.05, 4.69) is 5.32 Å². The van der Waals surface area contributed by atoms with Gasteiger partial charge in [-0.25, -0.2) is 14.6 Å². The van der Waals surface area contributed by atoms with Crippen LogP contribution in [0, 0.1) is 5.92 Å². The molecule has 0 unspecified atom stereocenters. The normalized spacial score (nSPS) is 15.3. The van der Waals surface area contributed by atoms with Crippen molar-refractivity contribution in [2.24, 2.45) is 5.92 Å². The van der Waals surface area contributed by atoms with E-state index >= 15 is 0 Å². The lowest BCUT2D eigenvalue weighted by molar-refractivity contribution is -0.171. The first kappa shape index (κ1) is 33.3. The monoisotopic (exact) mass is 647 g/mol. The van der Waals surface area contributed by atoms with Crippen molar-refractivity contribution in [3.8, 4) is 17.1 Å². The van der Waals surface area contributed by atoms with Gasteiger partial charge in [-0.15, -0.1) is 0 Å².